The lowest BCUT2D eigenvalue weighted by molar-refractivity contribution is 0.465. The zero-order chi connectivity index (χ0) is 14.7. The summed E-state index contributed by atoms with van der Waals surface area (Å²) in [5.41, 5.74) is 1.70. The Morgan fingerprint density at radius 2 is 2.10 bits per heavy atom. The van der Waals surface area contributed by atoms with E-state index in [0.29, 0.717) is 11.0 Å². The molecule has 0 aliphatic carbocycles. The van der Waals surface area contributed by atoms with Crippen molar-refractivity contribution < 1.29 is 5.11 Å². The van der Waals surface area contributed by atoms with Crippen LogP contribution in [-0.4, -0.2) is 19.9 Å². The van der Waals surface area contributed by atoms with Crippen LogP contribution >= 0.6 is 15.9 Å². The van der Waals surface area contributed by atoms with Crippen molar-refractivity contribution in [2.24, 2.45) is 0 Å². The molecule has 5 nitrogen and oxygen atoms in total. The summed E-state index contributed by atoms with van der Waals surface area (Å²) in [6.07, 6.45) is 5.30. The second-order valence-electron chi connectivity index (χ2n) is 4.46. The number of rotatable bonds is 4. The lowest BCUT2D eigenvalue weighted by atomic mass is 10.2. The molecule has 0 saturated carbocycles. The molecule has 0 saturated heterocycles. The highest BCUT2D eigenvalue weighted by Gasteiger charge is 2.04. The number of hydrogen-bond donors (Lipinski definition) is 2. The number of aromatic hydroxyl groups is 1. The van der Waals surface area contributed by atoms with E-state index in [-0.39, 0.29) is 5.75 Å². The summed E-state index contributed by atoms with van der Waals surface area (Å²) in [5.74, 6) is 1.02. The van der Waals surface area contributed by atoms with Crippen LogP contribution in [0.25, 0.3) is 5.82 Å². The molecule has 21 heavy (non-hydrogen) atoms. The van der Waals surface area contributed by atoms with E-state index in [1.165, 1.54) is 0 Å². The van der Waals surface area contributed by atoms with Crippen molar-refractivity contribution >= 4 is 21.6 Å². The number of phenolic OH excluding ortho intramolecular Hbond substituents is 1. The van der Waals surface area contributed by atoms with Crippen LogP contribution in [0.5, 0.6) is 5.75 Å². The van der Waals surface area contributed by atoms with Gasteiger partial charge in [0.1, 0.15) is 5.75 Å². The molecular weight excluding hydrogens is 332 g/mol. The first-order valence-electron chi connectivity index (χ1n) is 6.40. The average molecular weight is 345 g/mol. The molecule has 2 heterocycles. The Hall–Kier alpha value is -2.34. The molecule has 3 rings (SSSR count). The second-order valence-corrected chi connectivity index (χ2v) is 5.31. The van der Waals surface area contributed by atoms with E-state index in [0.717, 1.165) is 17.1 Å². The Balaban J connectivity index is 1.70. The maximum atomic E-state index is 9.93. The molecule has 0 aliphatic heterocycles. The number of para-hydroxylation sites is 1. The Morgan fingerprint density at radius 1 is 1.19 bits per heavy atom. The van der Waals surface area contributed by atoms with E-state index in [1.807, 2.05) is 36.5 Å². The Kier molecular flexibility index (Phi) is 3.87. The van der Waals surface area contributed by atoms with Crippen LogP contribution in [0, 0.1) is 0 Å². The smallest absolute Gasteiger partial charge is 0.153 e. The monoisotopic (exact) mass is 344 g/mol. The minimum Gasteiger partial charge on any atom is -0.506 e. The van der Waals surface area contributed by atoms with Gasteiger partial charge in [-0.3, -0.25) is 0 Å². The minimum absolute atomic E-state index is 0.256. The number of benzene rings is 1. The third kappa shape index (κ3) is 3.05. The molecule has 0 radical (unpaired) electrons. The van der Waals surface area contributed by atoms with Gasteiger partial charge in [-0.2, -0.15) is 5.10 Å². The Morgan fingerprint density at radius 3 is 2.81 bits per heavy atom. The van der Waals surface area contributed by atoms with Crippen LogP contribution in [0.1, 0.15) is 5.56 Å². The minimum atomic E-state index is 0.256. The van der Waals surface area contributed by atoms with Crippen molar-refractivity contribution in [1.82, 2.24) is 14.8 Å². The summed E-state index contributed by atoms with van der Waals surface area (Å²) in [6.45, 7) is 0.522. The van der Waals surface area contributed by atoms with Gasteiger partial charge in [0.25, 0.3) is 0 Å². The van der Waals surface area contributed by atoms with E-state index in [9.17, 15) is 5.11 Å². The van der Waals surface area contributed by atoms with Crippen LogP contribution in [-0.2, 0) is 6.54 Å². The maximum Gasteiger partial charge on any atom is 0.153 e. The highest BCUT2D eigenvalue weighted by molar-refractivity contribution is 9.10. The fourth-order valence-electron chi connectivity index (χ4n) is 1.93. The Labute approximate surface area is 130 Å². The first-order valence-corrected chi connectivity index (χ1v) is 7.19. The summed E-state index contributed by atoms with van der Waals surface area (Å²) < 4.78 is 2.39. The first-order chi connectivity index (χ1) is 10.2. The molecule has 106 valence electrons. The molecule has 0 amide bonds. The van der Waals surface area contributed by atoms with Crippen molar-refractivity contribution in [2.75, 3.05) is 5.32 Å². The van der Waals surface area contributed by atoms with Gasteiger partial charge in [-0.05, 0) is 40.2 Å². The lowest BCUT2D eigenvalue weighted by Gasteiger charge is -2.09. The molecule has 0 spiro atoms. The SMILES string of the molecule is Oc1c(Br)cccc1CNc1ccc(-n2cccn2)nc1. The van der Waals surface area contributed by atoms with Gasteiger partial charge in [0.2, 0.25) is 0 Å². The van der Waals surface area contributed by atoms with Gasteiger partial charge in [0.05, 0.1) is 16.4 Å². The molecule has 0 unspecified atom stereocenters. The average Bonchev–Trinajstić information content (AvgIpc) is 3.04. The normalized spacial score (nSPS) is 10.5. The van der Waals surface area contributed by atoms with Crippen LogP contribution < -0.4 is 5.32 Å². The highest BCUT2D eigenvalue weighted by atomic mass is 79.9. The number of pyridine rings is 1. The summed E-state index contributed by atoms with van der Waals surface area (Å²) in [4.78, 5) is 4.34. The fourth-order valence-corrected chi connectivity index (χ4v) is 2.34. The number of anilines is 1. The third-order valence-electron chi connectivity index (χ3n) is 3.04. The molecule has 0 atom stereocenters. The standard InChI is InChI=1S/C15H13BrN4O/c16-13-4-1-3-11(15(13)21)9-17-12-5-6-14(18-10-12)20-8-2-7-19-20/h1-8,10,17,21H,9H2. The van der Waals surface area contributed by atoms with E-state index >= 15 is 0 Å². The van der Waals surface area contributed by atoms with Crippen LogP contribution in [0.3, 0.4) is 0 Å². The molecule has 1 aromatic carbocycles. The summed E-state index contributed by atoms with van der Waals surface area (Å²) in [6, 6.07) is 11.2. The van der Waals surface area contributed by atoms with Gasteiger partial charge in [0.15, 0.2) is 5.82 Å². The van der Waals surface area contributed by atoms with Gasteiger partial charge in [-0.15, -0.1) is 0 Å². The first kappa shape index (κ1) is 13.6. The fraction of sp³-hybridized carbons (Fsp3) is 0.0667. The molecule has 0 aliphatic rings. The third-order valence-corrected chi connectivity index (χ3v) is 3.68. The highest BCUT2D eigenvalue weighted by Crippen LogP contribution is 2.27. The van der Waals surface area contributed by atoms with Gasteiger partial charge >= 0.3 is 0 Å². The largest absolute Gasteiger partial charge is 0.506 e. The van der Waals surface area contributed by atoms with Gasteiger partial charge in [-0.25, -0.2) is 9.67 Å². The van der Waals surface area contributed by atoms with Crippen molar-refractivity contribution in [2.45, 2.75) is 6.54 Å². The number of hydrogen-bond acceptors (Lipinski definition) is 4. The zero-order valence-corrected chi connectivity index (χ0v) is 12.7. The van der Waals surface area contributed by atoms with E-state index in [4.69, 9.17) is 0 Å². The van der Waals surface area contributed by atoms with Gasteiger partial charge < -0.3 is 10.4 Å². The number of phenols is 1. The van der Waals surface area contributed by atoms with Crippen molar-refractivity contribution in [3.63, 3.8) is 0 Å². The van der Waals surface area contributed by atoms with Crippen molar-refractivity contribution in [1.29, 1.82) is 0 Å². The maximum absolute atomic E-state index is 9.93. The van der Waals surface area contributed by atoms with Crippen molar-refractivity contribution in [3.05, 3.63) is 65.0 Å². The summed E-state index contributed by atoms with van der Waals surface area (Å²) in [7, 11) is 0. The second kappa shape index (κ2) is 5.97. The lowest BCUT2D eigenvalue weighted by Crippen LogP contribution is -2.02. The van der Waals surface area contributed by atoms with E-state index < -0.39 is 0 Å². The number of aromatic nitrogens is 3. The predicted octanol–water partition coefficient (Wildman–Crippen LogP) is 3.35. The van der Waals surface area contributed by atoms with Crippen LogP contribution in [0.4, 0.5) is 5.69 Å². The number of halogens is 1. The van der Waals surface area contributed by atoms with E-state index in [1.54, 1.807) is 23.1 Å². The molecular formula is C15H13BrN4O. The van der Waals surface area contributed by atoms with Gasteiger partial charge in [-0.1, -0.05) is 12.1 Å². The van der Waals surface area contributed by atoms with Crippen LogP contribution in [0.2, 0.25) is 0 Å². The summed E-state index contributed by atoms with van der Waals surface area (Å²) in [5, 5.41) is 17.3. The van der Waals surface area contributed by atoms with E-state index in [2.05, 4.69) is 31.3 Å². The molecule has 2 aromatic heterocycles. The van der Waals surface area contributed by atoms with Crippen molar-refractivity contribution in [3.8, 4) is 11.6 Å². The molecule has 6 heteroatoms. The number of nitrogens with one attached hydrogen (secondary N) is 1. The van der Waals surface area contributed by atoms with Crippen LogP contribution in [0.15, 0.2) is 59.5 Å². The Bertz CT molecular complexity index is 726. The topological polar surface area (TPSA) is 63.0 Å². The molecule has 3 aromatic rings. The quantitative estimate of drug-likeness (QED) is 0.761. The molecule has 2 N–H and O–H groups in total. The molecule has 0 fully saturated rings. The number of nitrogens with zero attached hydrogens (tertiary/aromatic N) is 3. The zero-order valence-electron chi connectivity index (χ0n) is 11.1. The van der Waals surface area contributed by atoms with Gasteiger partial charge in [0, 0.05) is 24.5 Å². The molecule has 0 bridgehead atoms. The summed E-state index contributed by atoms with van der Waals surface area (Å²) >= 11 is 3.30. The predicted molar refractivity (Wildman–Crippen MR) is 84.5 cm³/mol.